The molecule has 0 atom stereocenters. The molecule has 29 heavy (non-hydrogen) atoms. The van der Waals surface area contributed by atoms with Crippen molar-refractivity contribution in [3.05, 3.63) is 70.2 Å². The Kier molecular flexibility index (Phi) is 5.98. The number of hydrogen-bond donors (Lipinski definition) is 1. The van der Waals surface area contributed by atoms with E-state index < -0.39 is 0 Å². The third kappa shape index (κ3) is 4.36. The van der Waals surface area contributed by atoms with Crippen molar-refractivity contribution in [3.63, 3.8) is 0 Å². The van der Waals surface area contributed by atoms with Crippen molar-refractivity contribution in [2.75, 3.05) is 5.73 Å². The van der Waals surface area contributed by atoms with E-state index in [-0.39, 0.29) is 12.1 Å². The van der Waals surface area contributed by atoms with Gasteiger partial charge in [-0.2, -0.15) is 10.4 Å². The van der Waals surface area contributed by atoms with Crippen LogP contribution in [-0.4, -0.2) is 15.9 Å². The van der Waals surface area contributed by atoms with Crippen molar-refractivity contribution < 1.29 is 4.74 Å². The maximum atomic E-state index is 9.63. The smallest absolute Gasteiger partial charge is 0.140 e. The van der Waals surface area contributed by atoms with Gasteiger partial charge in [-0.1, -0.05) is 58.4 Å². The number of hydrogen-bond acceptors (Lipinski definition) is 4. The molecule has 1 aliphatic carbocycles. The molecule has 1 aliphatic rings. The van der Waals surface area contributed by atoms with Crippen LogP contribution in [0.5, 0.6) is 0 Å². The van der Waals surface area contributed by atoms with Gasteiger partial charge in [0.15, 0.2) is 0 Å². The van der Waals surface area contributed by atoms with E-state index in [4.69, 9.17) is 15.6 Å². The highest BCUT2D eigenvalue weighted by atomic mass is 79.9. The molecule has 1 heterocycles. The van der Waals surface area contributed by atoms with E-state index >= 15 is 0 Å². The summed E-state index contributed by atoms with van der Waals surface area (Å²) in [5.74, 6) is 0.457. The summed E-state index contributed by atoms with van der Waals surface area (Å²) < 4.78 is 8.93. The van der Waals surface area contributed by atoms with E-state index in [9.17, 15) is 5.26 Å². The maximum absolute atomic E-state index is 9.63. The Bertz CT molecular complexity index is 1000. The molecule has 2 N–H and O–H groups in total. The SMILES string of the molecule is N#Cc1c(-c2ccc(Br)cc2)nn(C2CCC(OCc3ccccc3)CC2)c1N. The molecule has 0 aliphatic heterocycles. The Morgan fingerprint density at radius 3 is 2.41 bits per heavy atom. The minimum absolute atomic E-state index is 0.197. The first-order chi connectivity index (χ1) is 14.2. The third-order valence-electron chi connectivity index (χ3n) is 5.50. The third-order valence-corrected chi connectivity index (χ3v) is 6.02. The van der Waals surface area contributed by atoms with Crippen LogP contribution >= 0.6 is 15.9 Å². The van der Waals surface area contributed by atoms with Crippen LogP contribution in [0.1, 0.15) is 42.9 Å². The van der Waals surface area contributed by atoms with Gasteiger partial charge in [0.1, 0.15) is 23.1 Å². The van der Waals surface area contributed by atoms with Crippen LogP contribution in [0.15, 0.2) is 59.1 Å². The number of nitriles is 1. The van der Waals surface area contributed by atoms with Gasteiger partial charge in [-0.15, -0.1) is 0 Å². The largest absolute Gasteiger partial charge is 0.383 e. The highest BCUT2D eigenvalue weighted by Gasteiger charge is 2.27. The van der Waals surface area contributed by atoms with Crippen LogP contribution in [0.2, 0.25) is 0 Å². The topological polar surface area (TPSA) is 76.9 Å². The molecule has 6 heteroatoms. The zero-order valence-corrected chi connectivity index (χ0v) is 17.7. The van der Waals surface area contributed by atoms with Crippen molar-refractivity contribution in [2.24, 2.45) is 0 Å². The molecule has 0 spiro atoms. The second-order valence-electron chi connectivity index (χ2n) is 7.40. The molecule has 148 valence electrons. The van der Waals surface area contributed by atoms with Crippen molar-refractivity contribution in [1.82, 2.24) is 9.78 Å². The lowest BCUT2D eigenvalue weighted by atomic mass is 9.93. The van der Waals surface area contributed by atoms with Gasteiger partial charge in [-0.3, -0.25) is 0 Å². The summed E-state index contributed by atoms with van der Waals surface area (Å²) in [6, 6.07) is 20.5. The molecule has 2 aromatic carbocycles. The van der Waals surface area contributed by atoms with E-state index in [1.807, 2.05) is 47.1 Å². The Balaban J connectivity index is 1.44. The Morgan fingerprint density at radius 1 is 1.07 bits per heavy atom. The quantitative estimate of drug-likeness (QED) is 0.558. The second-order valence-corrected chi connectivity index (χ2v) is 8.31. The summed E-state index contributed by atoms with van der Waals surface area (Å²) in [4.78, 5) is 0. The molecule has 1 saturated carbocycles. The minimum atomic E-state index is 0.197. The summed E-state index contributed by atoms with van der Waals surface area (Å²) in [7, 11) is 0. The predicted octanol–water partition coefficient (Wildman–Crippen LogP) is 5.47. The Labute approximate surface area is 179 Å². The number of nitrogens with zero attached hydrogens (tertiary/aromatic N) is 3. The van der Waals surface area contributed by atoms with Gasteiger partial charge in [-0.05, 0) is 43.4 Å². The summed E-state index contributed by atoms with van der Waals surface area (Å²) in [6.45, 7) is 0.645. The van der Waals surface area contributed by atoms with E-state index in [0.717, 1.165) is 35.7 Å². The van der Waals surface area contributed by atoms with Gasteiger partial charge in [0.05, 0.1) is 18.8 Å². The monoisotopic (exact) mass is 450 g/mol. The molecule has 0 unspecified atom stereocenters. The van der Waals surface area contributed by atoms with Crippen LogP contribution in [0.4, 0.5) is 5.82 Å². The summed E-state index contributed by atoms with van der Waals surface area (Å²) in [6.07, 6.45) is 4.06. The fourth-order valence-corrected chi connectivity index (χ4v) is 4.15. The van der Waals surface area contributed by atoms with Gasteiger partial charge in [-0.25, -0.2) is 4.68 Å². The number of nitrogen functional groups attached to an aromatic ring is 1. The lowest BCUT2D eigenvalue weighted by molar-refractivity contribution is 0.00765. The lowest BCUT2D eigenvalue weighted by Gasteiger charge is -2.29. The highest BCUT2D eigenvalue weighted by Crippen LogP contribution is 2.35. The minimum Gasteiger partial charge on any atom is -0.383 e. The zero-order valence-electron chi connectivity index (χ0n) is 16.1. The maximum Gasteiger partial charge on any atom is 0.140 e. The van der Waals surface area contributed by atoms with Crippen molar-refractivity contribution in [2.45, 2.75) is 44.4 Å². The second kappa shape index (κ2) is 8.81. The van der Waals surface area contributed by atoms with Crippen molar-refractivity contribution in [3.8, 4) is 17.3 Å². The lowest BCUT2D eigenvalue weighted by Crippen LogP contribution is -2.25. The van der Waals surface area contributed by atoms with E-state index in [0.29, 0.717) is 23.7 Å². The summed E-state index contributed by atoms with van der Waals surface area (Å²) >= 11 is 3.44. The number of aromatic nitrogens is 2. The van der Waals surface area contributed by atoms with Gasteiger partial charge in [0.2, 0.25) is 0 Å². The van der Waals surface area contributed by atoms with Crippen molar-refractivity contribution in [1.29, 1.82) is 5.26 Å². The van der Waals surface area contributed by atoms with E-state index in [2.05, 4.69) is 34.1 Å². The van der Waals surface area contributed by atoms with E-state index in [1.54, 1.807) is 0 Å². The number of nitrogens with two attached hydrogens (primary N) is 1. The van der Waals surface area contributed by atoms with Gasteiger partial charge < -0.3 is 10.5 Å². The van der Waals surface area contributed by atoms with Crippen LogP contribution < -0.4 is 5.73 Å². The van der Waals surface area contributed by atoms with E-state index in [1.165, 1.54) is 5.56 Å². The summed E-state index contributed by atoms with van der Waals surface area (Å²) in [5, 5.41) is 14.4. The Hall–Kier alpha value is -2.62. The molecule has 0 bridgehead atoms. The summed E-state index contributed by atoms with van der Waals surface area (Å²) in [5.41, 5.74) is 9.52. The fourth-order valence-electron chi connectivity index (χ4n) is 3.89. The standard InChI is InChI=1S/C23H23BrN4O/c24-18-8-6-17(7-9-18)22-21(14-25)23(26)28(27-22)19-10-12-20(13-11-19)29-15-16-4-2-1-3-5-16/h1-9,19-20H,10-13,15,26H2. The zero-order chi connectivity index (χ0) is 20.2. The first-order valence-electron chi connectivity index (χ1n) is 9.85. The van der Waals surface area contributed by atoms with Crippen LogP contribution in [0, 0.1) is 11.3 Å². The molecular weight excluding hydrogens is 428 g/mol. The van der Waals surface area contributed by atoms with Gasteiger partial charge in [0, 0.05) is 10.0 Å². The number of benzene rings is 2. The number of ether oxygens (including phenoxy) is 1. The number of rotatable bonds is 5. The molecule has 0 amide bonds. The molecular formula is C23H23BrN4O. The van der Waals surface area contributed by atoms with Crippen LogP contribution in [0.25, 0.3) is 11.3 Å². The molecule has 1 fully saturated rings. The normalized spacial score (nSPS) is 19.0. The highest BCUT2D eigenvalue weighted by molar-refractivity contribution is 9.10. The first-order valence-corrected chi connectivity index (χ1v) is 10.6. The molecule has 5 nitrogen and oxygen atoms in total. The van der Waals surface area contributed by atoms with Gasteiger partial charge in [0.25, 0.3) is 0 Å². The molecule has 4 rings (SSSR count). The average molecular weight is 451 g/mol. The average Bonchev–Trinajstić information content (AvgIpc) is 3.10. The predicted molar refractivity (Wildman–Crippen MR) is 117 cm³/mol. The first kappa shape index (κ1) is 19.7. The molecule has 0 radical (unpaired) electrons. The molecule has 1 aromatic heterocycles. The van der Waals surface area contributed by atoms with Gasteiger partial charge >= 0.3 is 0 Å². The molecule has 0 saturated heterocycles. The van der Waals surface area contributed by atoms with Crippen molar-refractivity contribution >= 4 is 21.7 Å². The fraction of sp³-hybridized carbons (Fsp3) is 0.304. The molecule has 3 aromatic rings. The Morgan fingerprint density at radius 2 is 1.76 bits per heavy atom. The number of anilines is 1. The van der Waals surface area contributed by atoms with Crippen LogP contribution in [0.3, 0.4) is 0 Å². The van der Waals surface area contributed by atoms with Crippen LogP contribution in [-0.2, 0) is 11.3 Å². The number of halogens is 1.